The van der Waals surface area contributed by atoms with Crippen molar-refractivity contribution >= 4 is 11.9 Å². The first-order chi connectivity index (χ1) is 11.0. The van der Waals surface area contributed by atoms with Crippen LogP contribution in [-0.4, -0.2) is 57.2 Å². The van der Waals surface area contributed by atoms with E-state index in [-0.39, 0.29) is 11.9 Å². The van der Waals surface area contributed by atoms with E-state index >= 15 is 0 Å². The first-order valence-corrected chi connectivity index (χ1v) is 7.59. The number of urea groups is 1. The molecule has 128 valence electrons. The predicted molar refractivity (Wildman–Crippen MR) is 88.2 cm³/mol. The van der Waals surface area contributed by atoms with Gasteiger partial charge in [0.05, 0.1) is 14.2 Å². The summed E-state index contributed by atoms with van der Waals surface area (Å²) in [5.74, 6) is 0.841. The minimum Gasteiger partial charge on any atom is -0.497 e. The molecule has 0 heterocycles. The Morgan fingerprint density at radius 2 is 1.48 bits per heavy atom. The number of carbonyl (C=O) groups excluding carboxylic acids is 2. The maximum atomic E-state index is 12.1. The fourth-order valence-corrected chi connectivity index (χ4v) is 2.01. The van der Waals surface area contributed by atoms with E-state index in [0.29, 0.717) is 43.2 Å². The van der Waals surface area contributed by atoms with Gasteiger partial charge in [0.1, 0.15) is 11.5 Å². The summed E-state index contributed by atoms with van der Waals surface area (Å²) < 4.78 is 10.3. The molecule has 0 aliphatic rings. The van der Waals surface area contributed by atoms with Crippen LogP contribution in [0.1, 0.15) is 24.2 Å². The van der Waals surface area contributed by atoms with Gasteiger partial charge in [-0.15, -0.1) is 0 Å². The second kappa shape index (κ2) is 9.55. The highest BCUT2D eigenvalue weighted by molar-refractivity contribution is 5.95. The summed E-state index contributed by atoms with van der Waals surface area (Å²) in [5.41, 5.74) is 0.441. The third-order valence-corrected chi connectivity index (χ3v) is 3.35. The lowest BCUT2D eigenvalue weighted by Gasteiger charge is -2.19. The van der Waals surface area contributed by atoms with Crippen molar-refractivity contribution in [3.8, 4) is 11.5 Å². The molecule has 7 nitrogen and oxygen atoms in total. The second-order valence-electron chi connectivity index (χ2n) is 4.76. The zero-order valence-electron chi connectivity index (χ0n) is 14.1. The number of nitrogens with one attached hydrogen (secondary N) is 2. The van der Waals surface area contributed by atoms with Crippen molar-refractivity contribution in [1.82, 2.24) is 15.5 Å². The van der Waals surface area contributed by atoms with Gasteiger partial charge in [-0.2, -0.15) is 0 Å². The van der Waals surface area contributed by atoms with Crippen molar-refractivity contribution in [2.24, 2.45) is 0 Å². The van der Waals surface area contributed by atoms with Crippen LogP contribution >= 0.6 is 0 Å². The average Bonchev–Trinajstić information content (AvgIpc) is 2.58. The summed E-state index contributed by atoms with van der Waals surface area (Å²) in [6.45, 7) is 5.84. The first-order valence-electron chi connectivity index (χ1n) is 7.59. The molecule has 1 aromatic carbocycles. The van der Waals surface area contributed by atoms with Crippen LogP contribution in [0.25, 0.3) is 0 Å². The van der Waals surface area contributed by atoms with Crippen LogP contribution in [0, 0.1) is 0 Å². The third-order valence-electron chi connectivity index (χ3n) is 3.35. The van der Waals surface area contributed by atoms with Gasteiger partial charge < -0.3 is 25.0 Å². The van der Waals surface area contributed by atoms with Gasteiger partial charge in [0, 0.05) is 37.8 Å². The van der Waals surface area contributed by atoms with E-state index in [1.54, 1.807) is 23.1 Å². The van der Waals surface area contributed by atoms with Crippen LogP contribution in [-0.2, 0) is 0 Å². The molecule has 0 aliphatic heterocycles. The molecule has 0 unspecified atom stereocenters. The summed E-state index contributed by atoms with van der Waals surface area (Å²) in [5, 5.41) is 5.51. The molecular formula is C16H25N3O4. The Hall–Kier alpha value is -2.44. The molecule has 0 saturated carbocycles. The Morgan fingerprint density at radius 3 is 1.96 bits per heavy atom. The van der Waals surface area contributed by atoms with Crippen LogP contribution in [0.3, 0.4) is 0 Å². The summed E-state index contributed by atoms with van der Waals surface area (Å²) in [4.78, 5) is 25.6. The number of amides is 3. The molecule has 0 spiro atoms. The molecule has 0 aromatic heterocycles. The molecule has 0 aliphatic carbocycles. The van der Waals surface area contributed by atoms with E-state index in [2.05, 4.69) is 10.6 Å². The Morgan fingerprint density at radius 1 is 0.957 bits per heavy atom. The number of hydrogen-bond donors (Lipinski definition) is 2. The largest absolute Gasteiger partial charge is 0.497 e. The second-order valence-corrected chi connectivity index (χ2v) is 4.76. The number of ether oxygens (including phenoxy) is 2. The number of benzene rings is 1. The fraction of sp³-hybridized carbons (Fsp3) is 0.500. The molecular weight excluding hydrogens is 298 g/mol. The Kier molecular flexibility index (Phi) is 7.73. The predicted octanol–water partition coefficient (Wildman–Crippen LogP) is 1.49. The van der Waals surface area contributed by atoms with E-state index in [1.165, 1.54) is 14.2 Å². The lowest BCUT2D eigenvalue weighted by atomic mass is 10.2. The Labute approximate surface area is 136 Å². The SMILES string of the molecule is CCN(CC)C(=O)NCCNC(=O)c1cc(OC)cc(OC)c1. The Balaban J connectivity index is 2.50. The van der Waals surface area contributed by atoms with Crippen LogP contribution in [0.5, 0.6) is 11.5 Å². The molecule has 2 N–H and O–H groups in total. The van der Waals surface area contributed by atoms with Crippen molar-refractivity contribution in [1.29, 1.82) is 0 Å². The minimum absolute atomic E-state index is 0.132. The number of carbonyl (C=O) groups is 2. The molecule has 0 radical (unpaired) electrons. The highest BCUT2D eigenvalue weighted by atomic mass is 16.5. The topological polar surface area (TPSA) is 79.9 Å². The quantitative estimate of drug-likeness (QED) is 0.710. The zero-order chi connectivity index (χ0) is 17.2. The molecule has 0 bridgehead atoms. The highest BCUT2D eigenvalue weighted by Crippen LogP contribution is 2.22. The lowest BCUT2D eigenvalue weighted by Crippen LogP contribution is -2.42. The van der Waals surface area contributed by atoms with Crippen LogP contribution in [0.2, 0.25) is 0 Å². The molecule has 3 amide bonds. The third kappa shape index (κ3) is 5.69. The van der Waals surface area contributed by atoms with Gasteiger partial charge in [0.15, 0.2) is 0 Å². The molecule has 0 saturated heterocycles. The monoisotopic (exact) mass is 323 g/mol. The Bertz CT molecular complexity index is 508. The zero-order valence-corrected chi connectivity index (χ0v) is 14.1. The number of methoxy groups -OCH3 is 2. The van der Waals surface area contributed by atoms with E-state index in [1.807, 2.05) is 13.8 Å². The van der Waals surface area contributed by atoms with Gasteiger partial charge in [0.25, 0.3) is 5.91 Å². The van der Waals surface area contributed by atoms with Gasteiger partial charge in [-0.3, -0.25) is 4.79 Å². The number of nitrogens with zero attached hydrogens (tertiary/aromatic N) is 1. The van der Waals surface area contributed by atoms with E-state index in [4.69, 9.17) is 9.47 Å². The summed E-state index contributed by atoms with van der Waals surface area (Å²) >= 11 is 0. The van der Waals surface area contributed by atoms with Crippen molar-refractivity contribution in [2.75, 3.05) is 40.4 Å². The normalized spacial score (nSPS) is 9.91. The van der Waals surface area contributed by atoms with E-state index in [9.17, 15) is 9.59 Å². The number of rotatable bonds is 8. The maximum absolute atomic E-state index is 12.1. The van der Waals surface area contributed by atoms with Crippen molar-refractivity contribution in [3.63, 3.8) is 0 Å². The van der Waals surface area contributed by atoms with Gasteiger partial charge in [-0.25, -0.2) is 4.79 Å². The van der Waals surface area contributed by atoms with Gasteiger partial charge in [-0.05, 0) is 26.0 Å². The smallest absolute Gasteiger partial charge is 0.317 e. The molecule has 0 fully saturated rings. The number of hydrogen-bond acceptors (Lipinski definition) is 4. The molecule has 1 aromatic rings. The van der Waals surface area contributed by atoms with Crippen LogP contribution < -0.4 is 20.1 Å². The van der Waals surface area contributed by atoms with Gasteiger partial charge in [0.2, 0.25) is 0 Å². The molecule has 1 rings (SSSR count). The highest BCUT2D eigenvalue weighted by Gasteiger charge is 2.11. The van der Waals surface area contributed by atoms with Gasteiger partial charge >= 0.3 is 6.03 Å². The molecule has 7 heteroatoms. The van der Waals surface area contributed by atoms with Crippen LogP contribution in [0.15, 0.2) is 18.2 Å². The molecule has 0 atom stereocenters. The summed E-state index contributed by atoms with van der Waals surface area (Å²) in [6, 6.07) is 4.83. The lowest BCUT2D eigenvalue weighted by molar-refractivity contribution is 0.0952. The summed E-state index contributed by atoms with van der Waals surface area (Å²) in [6.07, 6.45) is 0. The summed E-state index contributed by atoms with van der Waals surface area (Å²) in [7, 11) is 3.05. The van der Waals surface area contributed by atoms with Crippen LogP contribution in [0.4, 0.5) is 4.79 Å². The first kappa shape index (κ1) is 18.6. The minimum atomic E-state index is -0.251. The van der Waals surface area contributed by atoms with Gasteiger partial charge in [-0.1, -0.05) is 0 Å². The van der Waals surface area contributed by atoms with Crippen molar-refractivity contribution in [2.45, 2.75) is 13.8 Å². The van der Waals surface area contributed by atoms with E-state index in [0.717, 1.165) is 0 Å². The average molecular weight is 323 g/mol. The van der Waals surface area contributed by atoms with Crippen molar-refractivity contribution < 1.29 is 19.1 Å². The van der Waals surface area contributed by atoms with E-state index < -0.39 is 0 Å². The fourth-order valence-electron chi connectivity index (χ4n) is 2.01. The molecule has 23 heavy (non-hydrogen) atoms. The standard InChI is InChI=1S/C16H25N3O4/c1-5-19(6-2)16(21)18-8-7-17-15(20)12-9-13(22-3)11-14(10-12)23-4/h9-11H,5-8H2,1-4H3,(H,17,20)(H,18,21). The van der Waals surface area contributed by atoms with Crippen molar-refractivity contribution in [3.05, 3.63) is 23.8 Å². The maximum Gasteiger partial charge on any atom is 0.317 e.